The van der Waals surface area contributed by atoms with Gasteiger partial charge in [-0.3, -0.25) is 29.0 Å². The summed E-state index contributed by atoms with van der Waals surface area (Å²) in [5, 5.41) is 0. The molecule has 0 fully saturated rings. The van der Waals surface area contributed by atoms with Crippen molar-refractivity contribution < 1.29 is 38.1 Å². The number of hydrogen-bond acceptors (Lipinski definition) is 12. The smallest absolute Gasteiger partial charge is 0.261 e. The lowest BCUT2D eigenvalue weighted by atomic mass is 9.90. The number of benzene rings is 6. The van der Waals surface area contributed by atoms with Crippen molar-refractivity contribution in [3.8, 4) is 23.0 Å². The van der Waals surface area contributed by atoms with E-state index in [2.05, 4.69) is 13.8 Å². The Balaban J connectivity index is 0.889. The summed E-state index contributed by atoms with van der Waals surface area (Å²) in [6, 6.07) is 30.2. The second kappa shape index (κ2) is 29.5. The van der Waals surface area contributed by atoms with E-state index in [4.69, 9.17) is 41.9 Å². The predicted molar refractivity (Wildman–Crippen MR) is 335 cm³/mol. The molecule has 0 atom stereocenters. The van der Waals surface area contributed by atoms with Crippen LogP contribution < -0.4 is 41.9 Å². The van der Waals surface area contributed by atoms with Gasteiger partial charge in [-0.25, -0.2) is 0 Å². The number of nitrogens with two attached hydrogens (primary N) is 4. The maximum absolute atomic E-state index is 12.8. The monoisotopic (exact) mass is 1140 g/mol. The molecule has 8 bridgehead atoms. The van der Waals surface area contributed by atoms with Crippen molar-refractivity contribution in [1.82, 2.24) is 9.80 Å². The molecule has 1 aliphatic carbocycles. The number of nitrogen functional groups attached to an aromatic ring is 4. The summed E-state index contributed by atoms with van der Waals surface area (Å²) in [5.41, 5.74) is 39.4. The Morgan fingerprint density at radius 2 is 0.536 bits per heavy atom. The molecule has 6 aromatic rings. The first-order valence-electron chi connectivity index (χ1n) is 31.0. The van der Waals surface area contributed by atoms with Gasteiger partial charge >= 0.3 is 0 Å². The molecular formula is C70H86N6O8. The standard InChI is InChI=1S/C70H86N6O8/c1-3-31-81-63-47-35-48-40-56(72)42-50(64(48)82-32-4-2)37-52-44-58(74)46-54(66(52)84-34-24-16-12-8-6-10-14-22-30-76-69(79)61-27-19-20-28-62(61)70(76)80)38-53-45-57(73)43-51(36-49(63)41-55(71)39-47)65(53)83-33-23-15-11-7-5-9-13-21-29-75-67(77)59-25-17-18-26-60(59)68(75)78/h17-20,25-28,39-46H,3-16,21-24,29-38,71-74H2,1-2H3. The summed E-state index contributed by atoms with van der Waals surface area (Å²) in [7, 11) is 0. The number of amides is 4. The number of carbonyl (C=O) groups excluding carboxylic acids is 4. The molecular weight excluding hydrogens is 1050 g/mol. The van der Waals surface area contributed by atoms with Crippen LogP contribution in [0.2, 0.25) is 0 Å². The number of imide groups is 2. The molecule has 9 rings (SSSR count). The van der Waals surface area contributed by atoms with E-state index in [1.54, 1.807) is 48.5 Å². The Hall–Kier alpha value is -8.00. The number of ether oxygens (including phenoxy) is 4. The third-order valence-corrected chi connectivity index (χ3v) is 16.3. The lowest BCUT2D eigenvalue weighted by Gasteiger charge is -2.24. The third kappa shape index (κ3) is 15.0. The molecule has 2 aliphatic heterocycles. The zero-order chi connectivity index (χ0) is 59.0. The van der Waals surface area contributed by atoms with Crippen molar-refractivity contribution in [2.75, 3.05) is 62.5 Å². The van der Waals surface area contributed by atoms with E-state index in [0.717, 1.165) is 183 Å². The van der Waals surface area contributed by atoms with Gasteiger partial charge in [-0.2, -0.15) is 0 Å². The lowest BCUT2D eigenvalue weighted by Crippen LogP contribution is -2.30. The highest BCUT2D eigenvalue weighted by molar-refractivity contribution is 6.22. The molecule has 0 radical (unpaired) electrons. The van der Waals surface area contributed by atoms with Crippen LogP contribution in [0.15, 0.2) is 97.1 Å². The third-order valence-electron chi connectivity index (χ3n) is 16.3. The molecule has 0 saturated carbocycles. The summed E-state index contributed by atoms with van der Waals surface area (Å²) >= 11 is 0. The van der Waals surface area contributed by atoms with Crippen LogP contribution in [0.4, 0.5) is 22.7 Å². The van der Waals surface area contributed by atoms with Crippen LogP contribution in [-0.4, -0.2) is 72.9 Å². The normalized spacial score (nSPS) is 13.6. The molecule has 8 N–H and O–H groups in total. The number of rotatable bonds is 30. The molecule has 0 aromatic heterocycles. The van der Waals surface area contributed by atoms with Gasteiger partial charge in [-0.1, -0.05) is 115 Å². The van der Waals surface area contributed by atoms with E-state index in [-0.39, 0.29) is 23.6 Å². The first-order chi connectivity index (χ1) is 40.9. The summed E-state index contributed by atoms with van der Waals surface area (Å²) in [5.74, 6) is 2.40. The minimum atomic E-state index is -0.185. The van der Waals surface area contributed by atoms with Gasteiger partial charge in [0, 0.05) is 106 Å². The van der Waals surface area contributed by atoms with Crippen LogP contribution in [0, 0.1) is 0 Å². The molecule has 0 saturated heterocycles. The maximum Gasteiger partial charge on any atom is 0.261 e. The SMILES string of the molecule is CCCOc1c2cc(N)cc1Cc1cc(N)cc(c1OCCCCCCCCCCN1C(=O)c3ccccc3C1=O)Cc1cc(N)cc(c1OCCCCCCCCCCN1C(=O)c3ccccc3C1=O)Cc1cc(N)cc(c1OCCC)C2. The van der Waals surface area contributed by atoms with Gasteiger partial charge in [-0.05, 0) is 111 Å². The van der Waals surface area contributed by atoms with Crippen molar-refractivity contribution in [3.05, 3.63) is 164 Å². The van der Waals surface area contributed by atoms with Gasteiger partial charge in [0.25, 0.3) is 23.6 Å². The van der Waals surface area contributed by atoms with Gasteiger partial charge in [0.05, 0.1) is 48.7 Å². The molecule has 2 heterocycles. The van der Waals surface area contributed by atoms with Crippen molar-refractivity contribution in [3.63, 3.8) is 0 Å². The van der Waals surface area contributed by atoms with Crippen LogP contribution >= 0.6 is 0 Å². The molecule has 0 unspecified atom stereocenters. The number of anilines is 4. The lowest BCUT2D eigenvalue weighted by molar-refractivity contribution is 0.0636. The average Bonchev–Trinajstić information content (AvgIpc) is 3.65. The quantitative estimate of drug-likeness (QED) is 0.0188. The molecule has 6 aromatic carbocycles. The topological polar surface area (TPSA) is 216 Å². The molecule has 14 heteroatoms. The molecule has 84 heavy (non-hydrogen) atoms. The van der Waals surface area contributed by atoms with Crippen molar-refractivity contribution >= 4 is 46.4 Å². The van der Waals surface area contributed by atoms with Crippen molar-refractivity contribution in [2.24, 2.45) is 0 Å². The van der Waals surface area contributed by atoms with E-state index < -0.39 is 0 Å². The summed E-state index contributed by atoms with van der Waals surface area (Å²) in [6.07, 6.45) is 19.4. The van der Waals surface area contributed by atoms with E-state index in [0.29, 0.717) is 110 Å². The Labute approximate surface area is 496 Å². The van der Waals surface area contributed by atoms with Gasteiger partial charge in [-0.15, -0.1) is 0 Å². The first-order valence-corrected chi connectivity index (χ1v) is 31.0. The van der Waals surface area contributed by atoms with Crippen molar-refractivity contribution in [1.29, 1.82) is 0 Å². The van der Waals surface area contributed by atoms with Crippen molar-refractivity contribution in [2.45, 2.75) is 155 Å². The number of carbonyl (C=O) groups is 4. The molecule has 4 amide bonds. The van der Waals surface area contributed by atoms with Crippen LogP contribution in [0.3, 0.4) is 0 Å². The number of fused-ring (bicyclic) bond motifs is 10. The van der Waals surface area contributed by atoms with E-state index in [1.807, 2.05) is 48.5 Å². The van der Waals surface area contributed by atoms with E-state index >= 15 is 0 Å². The maximum atomic E-state index is 12.8. The average molecular weight is 1140 g/mol. The second-order valence-corrected chi connectivity index (χ2v) is 23.0. The van der Waals surface area contributed by atoms with Crippen LogP contribution in [0.5, 0.6) is 23.0 Å². The molecule has 444 valence electrons. The summed E-state index contributed by atoms with van der Waals surface area (Å²) in [4.78, 5) is 54.0. The van der Waals surface area contributed by atoms with E-state index in [1.165, 1.54) is 9.80 Å². The van der Waals surface area contributed by atoms with Crippen LogP contribution in [-0.2, 0) is 25.7 Å². The summed E-state index contributed by atoms with van der Waals surface area (Å²) in [6.45, 7) is 7.20. The fraction of sp³-hybridized carbons (Fsp3) is 0.429. The highest BCUT2D eigenvalue weighted by Gasteiger charge is 2.36. The molecule has 3 aliphatic rings. The van der Waals surface area contributed by atoms with Gasteiger partial charge in [0.15, 0.2) is 0 Å². The fourth-order valence-corrected chi connectivity index (χ4v) is 12.2. The Kier molecular flexibility index (Phi) is 21.3. The van der Waals surface area contributed by atoms with Crippen LogP contribution in [0.1, 0.15) is 215 Å². The van der Waals surface area contributed by atoms with Crippen LogP contribution in [0.25, 0.3) is 0 Å². The highest BCUT2D eigenvalue weighted by Crippen LogP contribution is 2.42. The minimum absolute atomic E-state index is 0.185. The largest absolute Gasteiger partial charge is 0.493 e. The van der Waals surface area contributed by atoms with Gasteiger partial charge in [0.2, 0.25) is 0 Å². The molecule has 0 spiro atoms. The zero-order valence-corrected chi connectivity index (χ0v) is 49.5. The summed E-state index contributed by atoms with van der Waals surface area (Å²) < 4.78 is 27.3. The minimum Gasteiger partial charge on any atom is -0.493 e. The first kappa shape index (κ1) is 60.6. The number of unbranched alkanes of at least 4 members (excludes halogenated alkanes) is 14. The highest BCUT2D eigenvalue weighted by atomic mass is 16.5. The Morgan fingerprint density at radius 3 is 0.774 bits per heavy atom. The number of hydrogen-bond donors (Lipinski definition) is 4. The molecule has 14 nitrogen and oxygen atoms in total. The van der Waals surface area contributed by atoms with Gasteiger partial charge < -0.3 is 41.9 Å². The zero-order valence-electron chi connectivity index (χ0n) is 49.5. The van der Waals surface area contributed by atoms with E-state index in [9.17, 15) is 19.2 Å². The Bertz CT molecular complexity index is 3020. The number of nitrogens with zero attached hydrogens (tertiary/aromatic N) is 2. The Morgan fingerprint density at radius 1 is 0.321 bits per heavy atom. The fourth-order valence-electron chi connectivity index (χ4n) is 12.2. The predicted octanol–water partition coefficient (Wildman–Crippen LogP) is 13.9. The van der Waals surface area contributed by atoms with Gasteiger partial charge in [0.1, 0.15) is 23.0 Å². The second-order valence-electron chi connectivity index (χ2n) is 23.0.